The second-order valence-electron chi connectivity index (χ2n) is 6.02. The van der Waals surface area contributed by atoms with Crippen molar-refractivity contribution >= 4 is 57.8 Å². The second-order valence-corrected chi connectivity index (χ2v) is 7.69. The zero-order valence-corrected chi connectivity index (χ0v) is 16.5. The van der Waals surface area contributed by atoms with Crippen LogP contribution in [0.5, 0.6) is 5.75 Å². The molecule has 1 fully saturated rings. The monoisotopic (exact) mass is 431 g/mol. The predicted octanol–water partition coefficient (Wildman–Crippen LogP) is 2.67. The van der Waals surface area contributed by atoms with Gasteiger partial charge in [0.25, 0.3) is 5.91 Å². The van der Waals surface area contributed by atoms with Gasteiger partial charge in [0.05, 0.1) is 16.7 Å². The maximum atomic E-state index is 12.5. The van der Waals surface area contributed by atoms with Crippen LogP contribution in [-0.2, 0) is 9.59 Å². The van der Waals surface area contributed by atoms with E-state index in [0.717, 1.165) is 12.1 Å². The fraction of sp³-hybridized carbons (Fsp3) is 0.158. The Bertz CT molecular complexity index is 1000. The van der Waals surface area contributed by atoms with Gasteiger partial charge in [-0.1, -0.05) is 29.7 Å². The molecule has 29 heavy (non-hydrogen) atoms. The number of nitrogens with one attached hydrogen (secondary N) is 1. The molecule has 3 rings (SSSR count). The molecular formula is C19H15N2O6S2-. The Balaban J connectivity index is 1.51. The summed E-state index contributed by atoms with van der Waals surface area (Å²) in [4.78, 5) is 37.2. The maximum absolute atomic E-state index is 12.5. The standard InChI is InChI=1S/C19H16N2O6S2/c22-14-9-11(5-6-13(14)18(25)26)20-16(23)4-1-7-21-17(24)15(29-19(21)28)10-12-3-2-8-27-12/h2-3,5-6,8-10,22H,1,4,7H2,(H,20,23)(H,25,26)/p-1/b15-10+. The number of furan rings is 1. The summed E-state index contributed by atoms with van der Waals surface area (Å²) in [7, 11) is 0. The third-order valence-electron chi connectivity index (χ3n) is 3.97. The van der Waals surface area contributed by atoms with Crippen LogP contribution in [0.1, 0.15) is 29.0 Å². The lowest BCUT2D eigenvalue weighted by molar-refractivity contribution is -0.268. The number of hydrogen-bond acceptors (Lipinski definition) is 7. The fourth-order valence-corrected chi connectivity index (χ4v) is 3.88. The smallest absolute Gasteiger partial charge is 0.335 e. The van der Waals surface area contributed by atoms with E-state index < -0.39 is 11.7 Å². The number of nitrogens with zero attached hydrogens (tertiary/aromatic N) is 1. The SMILES string of the molecule is O=C(CCCN1C(=O)/C(=C\c2ccco2)SC1=S)Nc1ccc(C(=O)O)c([O-])c1. The number of carbonyl (C=O) groups excluding carboxylic acids is 2. The van der Waals surface area contributed by atoms with Gasteiger partial charge in [0, 0.05) is 24.7 Å². The first-order chi connectivity index (χ1) is 13.8. The lowest BCUT2D eigenvalue weighted by atomic mass is 10.2. The van der Waals surface area contributed by atoms with Gasteiger partial charge in [-0.25, -0.2) is 4.79 Å². The fourth-order valence-electron chi connectivity index (χ4n) is 2.59. The van der Waals surface area contributed by atoms with Crippen molar-refractivity contribution in [2.24, 2.45) is 0 Å². The Hall–Kier alpha value is -3.11. The first-order valence-corrected chi connectivity index (χ1v) is 9.70. The van der Waals surface area contributed by atoms with Crippen LogP contribution in [0.4, 0.5) is 5.69 Å². The highest BCUT2D eigenvalue weighted by Crippen LogP contribution is 2.32. The van der Waals surface area contributed by atoms with Crippen LogP contribution in [0.3, 0.4) is 0 Å². The molecule has 2 heterocycles. The third kappa shape index (κ3) is 5.04. The van der Waals surface area contributed by atoms with Crippen LogP contribution >= 0.6 is 24.0 Å². The van der Waals surface area contributed by atoms with Crippen LogP contribution in [0.15, 0.2) is 45.9 Å². The van der Waals surface area contributed by atoms with Crippen LogP contribution in [0, 0.1) is 0 Å². The maximum Gasteiger partial charge on any atom is 0.335 e. The summed E-state index contributed by atoms with van der Waals surface area (Å²) in [5.41, 5.74) is -0.142. The number of benzene rings is 1. The van der Waals surface area contributed by atoms with Gasteiger partial charge < -0.3 is 19.9 Å². The molecule has 1 aromatic carbocycles. The summed E-state index contributed by atoms with van der Waals surface area (Å²) in [5, 5.41) is 23.1. The van der Waals surface area contributed by atoms with E-state index in [-0.39, 0.29) is 36.0 Å². The highest BCUT2D eigenvalue weighted by Gasteiger charge is 2.31. The molecule has 2 aromatic rings. The third-order valence-corrected chi connectivity index (χ3v) is 5.35. The molecule has 1 aromatic heterocycles. The molecular weight excluding hydrogens is 416 g/mol. The largest absolute Gasteiger partial charge is 0.872 e. The Kier molecular flexibility index (Phi) is 6.35. The van der Waals surface area contributed by atoms with E-state index >= 15 is 0 Å². The highest BCUT2D eigenvalue weighted by molar-refractivity contribution is 8.26. The molecule has 0 radical (unpaired) electrons. The molecule has 0 bridgehead atoms. The zero-order chi connectivity index (χ0) is 21.0. The molecule has 1 aliphatic heterocycles. The van der Waals surface area contributed by atoms with E-state index in [9.17, 15) is 19.5 Å². The van der Waals surface area contributed by atoms with E-state index in [1.165, 1.54) is 29.0 Å². The van der Waals surface area contributed by atoms with Gasteiger partial charge >= 0.3 is 5.97 Å². The van der Waals surface area contributed by atoms with Crippen molar-refractivity contribution < 1.29 is 29.0 Å². The summed E-state index contributed by atoms with van der Waals surface area (Å²) in [5.74, 6) is -2.05. The number of thioether (sulfide) groups is 1. The van der Waals surface area contributed by atoms with Gasteiger partial charge in [-0.05, 0) is 36.8 Å². The lowest BCUT2D eigenvalue weighted by Crippen LogP contribution is -2.29. The van der Waals surface area contributed by atoms with E-state index in [4.69, 9.17) is 21.7 Å². The van der Waals surface area contributed by atoms with Crippen molar-refractivity contribution in [3.05, 3.63) is 52.8 Å². The molecule has 2 amide bonds. The van der Waals surface area contributed by atoms with E-state index in [1.807, 2.05) is 0 Å². The summed E-state index contributed by atoms with van der Waals surface area (Å²) in [6.07, 6.45) is 3.59. The molecule has 150 valence electrons. The van der Waals surface area contributed by atoms with Crippen LogP contribution in [0.25, 0.3) is 6.08 Å². The molecule has 0 saturated carbocycles. The second kappa shape index (κ2) is 8.93. The average Bonchev–Trinajstić information content (AvgIpc) is 3.25. The van der Waals surface area contributed by atoms with E-state index in [2.05, 4.69) is 5.32 Å². The normalized spacial score (nSPS) is 15.2. The van der Waals surface area contributed by atoms with Gasteiger partial charge in [-0.2, -0.15) is 0 Å². The van der Waals surface area contributed by atoms with E-state index in [1.54, 1.807) is 18.2 Å². The van der Waals surface area contributed by atoms with Crippen LogP contribution < -0.4 is 10.4 Å². The van der Waals surface area contributed by atoms with Gasteiger partial charge in [-0.3, -0.25) is 14.5 Å². The van der Waals surface area contributed by atoms with Crippen molar-refractivity contribution in [1.82, 2.24) is 4.90 Å². The molecule has 0 unspecified atom stereocenters. The molecule has 0 aliphatic carbocycles. The number of amides is 2. The predicted molar refractivity (Wildman–Crippen MR) is 109 cm³/mol. The number of hydrogen-bond donors (Lipinski definition) is 2. The van der Waals surface area contributed by atoms with Crippen LogP contribution in [0.2, 0.25) is 0 Å². The number of carboxylic acid groups (broad SMARTS) is 1. The van der Waals surface area contributed by atoms with Crippen molar-refractivity contribution in [2.75, 3.05) is 11.9 Å². The number of aromatic carboxylic acids is 1. The molecule has 0 atom stereocenters. The van der Waals surface area contributed by atoms with Crippen molar-refractivity contribution in [1.29, 1.82) is 0 Å². The Labute approximate surface area is 175 Å². The minimum absolute atomic E-state index is 0.100. The van der Waals surface area contributed by atoms with Gasteiger partial charge in [0.1, 0.15) is 10.1 Å². The van der Waals surface area contributed by atoms with Gasteiger partial charge in [0.2, 0.25) is 5.91 Å². The Morgan fingerprint density at radius 3 is 2.79 bits per heavy atom. The number of carboxylic acids is 1. The van der Waals surface area contributed by atoms with Crippen LogP contribution in [-0.4, -0.2) is 38.7 Å². The Morgan fingerprint density at radius 1 is 1.34 bits per heavy atom. The molecule has 0 spiro atoms. The molecule has 10 heteroatoms. The topological polar surface area (TPSA) is 123 Å². The molecule has 1 saturated heterocycles. The molecule has 8 nitrogen and oxygen atoms in total. The first kappa shape index (κ1) is 20.6. The summed E-state index contributed by atoms with van der Waals surface area (Å²) in [6.45, 7) is 0.276. The summed E-state index contributed by atoms with van der Waals surface area (Å²) in [6, 6.07) is 7.00. The van der Waals surface area contributed by atoms with Crippen molar-refractivity contribution in [3.63, 3.8) is 0 Å². The van der Waals surface area contributed by atoms with E-state index in [0.29, 0.717) is 21.4 Å². The zero-order valence-electron chi connectivity index (χ0n) is 14.9. The number of carbonyl (C=O) groups is 3. The first-order valence-electron chi connectivity index (χ1n) is 8.48. The number of thiocarbonyl (C=S) groups is 1. The molecule has 2 N–H and O–H groups in total. The quantitative estimate of drug-likeness (QED) is 0.507. The Morgan fingerprint density at radius 2 is 2.14 bits per heavy atom. The average molecular weight is 431 g/mol. The molecule has 1 aliphatic rings. The minimum atomic E-state index is -1.32. The number of rotatable bonds is 7. The minimum Gasteiger partial charge on any atom is -0.872 e. The highest BCUT2D eigenvalue weighted by atomic mass is 32.2. The lowest BCUT2D eigenvalue weighted by Gasteiger charge is -2.15. The van der Waals surface area contributed by atoms with Crippen molar-refractivity contribution in [3.8, 4) is 5.75 Å². The summed E-state index contributed by atoms with van der Waals surface area (Å²) < 4.78 is 5.61. The van der Waals surface area contributed by atoms with Crippen molar-refractivity contribution in [2.45, 2.75) is 12.8 Å². The van der Waals surface area contributed by atoms with Gasteiger partial charge in [0.15, 0.2) is 0 Å². The number of anilines is 1. The van der Waals surface area contributed by atoms with Gasteiger partial charge in [-0.15, -0.1) is 0 Å². The summed E-state index contributed by atoms with van der Waals surface area (Å²) >= 11 is 6.41.